The number of carbonyl (C=O) groups is 2. The van der Waals surface area contributed by atoms with Crippen LogP contribution in [0, 0.1) is 11.2 Å². The molecule has 200 valence electrons. The molecule has 9 nitrogen and oxygen atoms in total. The van der Waals surface area contributed by atoms with Crippen molar-refractivity contribution in [2.45, 2.75) is 39.5 Å². The van der Waals surface area contributed by atoms with Crippen molar-refractivity contribution in [1.82, 2.24) is 20.0 Å². The van der Waals surface area contributed by atoms with E-state index in [0.717, 1.165) is 10.7 Å². The molecule has 1 saturated heterocycles. The monoisotopic (exact) mass is 536 g/mol. The maximum absolute atomic E-state index is 14.6. The number of hydrogen-bond donors (Lipinski definition) is 1. The van der Waals surface area contributed by atoms with E-state index < -0.39 is 58.3 Å². The van der Waals surface area contributed by atoms with Crippen LogP contribution in [0.25, 0.3) is 10.9 Å². The normalized spacial score (nSPS) is 17.2. The van der Waals surface area contributed by atoms with E-state index >= 15 is 0 Å². The van der Waals surface area contributed by atoms with Crippen LogP contribution in [0.2, 0.25) is 0 Å². The van der Waals surface area contributed by atoms with Crippen molar-refractivity contribution in [2.24, 2.45) is 5.41 Å². The van der Waals surface area contributed by atoms with Gasteiger partial charge in [-0.2, -0.15) is 18.3 Å². The van der Waals surface area contributed by atoms with Crippen molar-refractivity contribution in [3.63, 3.8) is 0 Å². The summed E-state index contributed by atoms with van der Waals surface area (Å²) < 4.78 is 80.7. The van der Waals surface area contributed by atoms with Gasteiger partial charge in [0.2, 0.25) is 5.91 Å². The van der Waals surface area contributed by atoms with E-state index in [1.165, 1.54) is 17.0 Å². The van der Waals surface area contributed by atoms with Gasteiger partial charge in [-0.1, -0.05) is 32.9 Å². The third-order valence-corrected chi connectivity index (χ3v) is 7.30. The van der Waals surface area contributed by atoms with Crippen LogP contribution >= 0.6 is 0 Å². The molecular formula is C22H28F4N4O5S. The van der Waals surface area contributed by atoms with Crippen molar-refractivity contribution in [1.29, 1.82) is 0 Å². The molecule has 1 aromatic carbocycles. The highest BCUT2D eigenvalue weighted by atomic mass is 32.2. The first-order valence-corrected chi connectivity index (χ1v) is 13.0. The Labute approximate surface area is 205 Å². The van der Waals surface area contributed by atoms with Gasteiger partial charge >= 0.3 is 6.18 Å². The van der Waals surface area contributed by atoms with Crippen LogP contribution in [0.3, 0.4) is 0 Å². The minimum absolute atomic E-state index is 0.00428. The maximum Gasteiger partial charge on any atom is 0.411 e. The van der Waals surface area contributed by atoms with E-state index in [1.54, 1.807) is 20.8 Å². The van der Waals surface area contributed by atoms with Gasteiger partial charge in [0.1, 0.15) is 24.0 Å². The molecule has 0 spiro atoms. The van der Waals surface area contributed by atoms with Crippen LogP contribution in [-0.2, 0) is 25.9 Å². The average molecular weight is 537 g/mol. The summed E-state index contributed by atoms with van der Waals surface area (Å²) in [5.41, 5.74) is -1.06. The first kappa shape index (κ1) is 27.8. The number of nitrogens with zero attached hydrogens (tertiary/aromatic N) is 3. The highest BCUT2D eigenvalue weighted by Gasteiger charge is 2.38. The smallest absolute Gasteiger partial charge is 0.370 e. The first-order valence-electron chi connectivity index (χ1n) is 11.2. The Morgan fingerprint density at radius 1 is 1.17 bits per heavy atom. The maximum atomic E-state index is 14.6. The first-order chi connectivity index (χ1) is 16.6. The third-order valence-electron chi connectivity index (χ3n) is 5.69. The summed E-state index contributed by atoms with van der Waals surface area (Å²) in [5.74, 6) is -2.31. The van der Waals surface area contributed by atoms with Crippen LogP contribution in [-0.4, -0.2) is 84.9 Å². The molecule has 3 rings (SSSR count). The van der Waals surface area contributed by atoms with Crippen LogP contribution in [0.4, 0.5) is 17.6 Å². The molecule has 1 aromatic heterocycles. The lowest BCUT2D eigenvalue weighted by atomic mass is 9.85. The summed E-state index contributed by atoms with van der Waals surface area (Å²) in [6, 6.07) is 2.89. The van der Waals surface area contributed by atoms with Gasteiger partial charge in [0.05, 0.1) is 24.7 Å². The molecule has 1 fully saturated rings. The van der Waals surface area contributed by atoms with Crippen LogP contribution < -0.4 is 5.32 Å². The average Bonchev–Trinajstić information content (AvgIpc) is 3.13. The summed E-state index contributed by atoms with van der Waals surface area (Å²) >= 11 is 0. The van der Waals surface area contributed by atoms with Gasteiger partial charge in [0.15, 0.2) is 15.5 Å². The number of benzene rings is 1. The number of hydrogen-bond acceptors (Lipinski definition) is 6. The number of aromatic nitrogens is 2. The number of halogens is 4. The second-order valence-corrected chi connectivity index (χ2v) is 11.9. The number of nitrogens with one attached hydrogen (secondary N) is 1. The highest BCUT2D eigenvalue weighted by molar-refractivity contribution is 7.91. The SMILES string of the molecule is CC(C)(C)[C@H](NC(=O)c1nn(CCOCC(F)(F)F)c2c(F)cccc12)C(=O)N1CCS(=O)(=O)CC1. The van der Waals surface area contributed by atoms with Crippen molar-refractivity contribution in [3.8, 4) is 0 Å². The van der Waals surface area contributed by atoms with Crippen molar-refractivity contribution in [3.05, 3.63) is 29.7 Å². The molecule has 2 amide bonds. The predicted octanol–water partition coefficient (Wildman–Crippen LogP) is 2.16. The lowest BCUT2D eigenvalue weighted by Crippen LogP contribution is -2.57. The lowest BCUT2D eigenvalue weighted by Gasteiger charge is -2.36. The molecule has 1 aliphatic heterocycles. The topological polar surface area (TPSA) is 111 Å². The number of fused-ring (bicyclic) bond motifs is 1. The van der Waals surface area contributed by atoms with Gasteiger partial charge in [-0.25, -0.2) is 12.8 Å². The van der Waals surface area contributed by atoms with Crippen molar-refractivity contribution < 1.29 is 40.3 Å². The zero-order valence-electron chi connectivity index (χ0n) is 20.1. The van der Waals surface area contributed by atoms with Gasteiger partial charge in [-0.15, -0.1) is 0 Å². The highest BCUT2D eigenvalue weighted by Crippen LogP contribution is 2.25. The number of para-hydroxylation sites is 1. The molecule has 0 bridgehead atoms. The molecule has 36 heavy (non-hydrogen) atoms. The van der Waals surface area contributed by atoms with E-state index in [1.807, 2.05) is 0 Å². The fraction of sp³-hybridized carbons (Fsp3) is 0.591. The van der Waals surface area contributed by atoms with Gasteiger partial charge in [-0.05, 0) is 11.5 Å². The lowest BCUT2D eigenvalue weighted by molar-refractivity contribution is -0.174. The molecule has 1 aliphatic rings. The predicted molar refractivity (Wildman–Crippen MR) is 123 cm³/mol. The molecule has 2 aromatic rings. The minimum Gasteiger partial charge on any atom is -0.370 e. The Hall–Kier alpha value is -2.74. The number of alkyl halides is 3. The molecule has 14 heteroatoms. The zero-order valence-corrected chi connectivity index (χ0v) is 20.9. The number of rotatable bonds is 7. The Kier molecular flexibility index (Phi) is 7.98. The van der Waals surface area contributed by atoms with Crippen molar-refractivity contribution >= 4 is 32.6 Å². The van der Waals surface area contributed by atoms with Gasteiger partial charge < -0.3 is 15.0 Å². The summed E-state index contributed by atoms with van der Waals surface area (Å²) in [6.45, 7) is 3.04. The van der Waals surface area contributed by atoms with Crippen LogP contribution in [0.5, 0.6) is 0 Å². The summed E-state index contributed by atoms with van der Waals surface area (Å²) in [6.07, 6.45) is -4.52. The van der Waals surface area contributed by atoms with E-state index in [4.69, 9.17) is 0 Å². The Morgan fingerprint density at radius 2 is 1.81 bits per heavy atom. The van der Waals surface area contributed by atoms with E-state index in [-0.39, 0.29) is 47.7 Å². The zero-order chi connectivity index (χ0) is 26.9. The summed E-state index contributed by atoms with van der Waals surface area (Å²) in [5, 5.41) is 6.87. The van der Waals surface area contributed by atoms with Crippen LogP contribution in [0.1, 0.15) is 31.3 Å². The fourth-order valence-corrected chi connectivity index (χ4v) is 5.03. The molecule has 1 atom stereocenters. The number of carbonyl (C=O) groups excluding carboxylic acids is 2. The van der Waals surface area contributed by atoms with E-state index in [2.05, 4.69) is 15.2 Å². The summed E-state index contributed by atoms with van der Waals surface area (Å²) in [7, 11) is -3.22. The number of amides is 2. The fourth-order valence-electron chi connectivity index (χ4n) is 3.83. The minimum atomic E-state index is -4.52. The molecule has 0 unspecified atom stereocenters. The summed E-state index contributed by atoms with van der Waals surface area (Å²) in [4.78, 5) is 27.8. The van der Waals surface area contributed by atoms with Gasteiger partial charge in [-0.3, -0.25) is 14.3 Å². The van der Waals surface area contributed by atoms with Gasteiger partial charge in [0, 0.05) is 18.5 Å². The molecule has 0 aliphatic carbocycles. The number of ether oxygens (including phenoxy) is 1. The van der Waals surface area contributed by atoms with E-state index in [9.17, 15) is 35.6 Å². The van der Waals surface area contributed by atoms with Gasteiger partial charge in [0.25, 0.3) is 5.91 Å². The largest absolute Gasteiger partial charge is 0.411 e. The quantitative estimate of drug-likeness (QED) is 0.429. The standard InChI is InChI=1S/C22H28F4N4O5S/c1-21(2,3)18(20(32)29-8-11-36(33,34)12-9-29)27-19(31)16-14-5-4-6-15(23)17(14)30(28-16)7-10-35-13-22(24,25)26/h4-6,18H,7-13H2,1-3H3,(H,27,31)/t18-/m1/s1. The second kappa shape index (κ2) is 10.3. The molecule has 1 N–H and O–H groups in total. The molecule has 2 heterocycles. The van der Waals surface area contributed by atoms with Crippen molar-refractivity contribution in [2.75, 3.05) is 37.8 Å². The Morgan fingerprint density at radius 3 is 2.39 bits per heavy atom. The Bertz CT molecular complexity index is 1220. The number of sulfone groups is 1. The molecule has 0 radical (unpaired) electrons. The molecule has 0 saturated carbocycles. The molecular weight excluding hydrogens is 508 g/mol. The Balaban J connectivity index is 1.84. The van der Waals surface area contributed by atoms with E-state index in [0.29, 0.717) is 0 Å². The van der Waals surface area contributed by atoms with Crippen LogP contribution in [0.15, 0.2) is 18.2 Å². The third kappa shape index (κ3) is 6.72. The second-order valence-electron chi connectivity index (χ2n) is 9.63.